The van der Waals surface area contributed by atoms with Crippen LogP contribution in [0.2, 0.25) is 0 Å². The Labute approximate surface area is 161 Å². The second-order valence-electron chi connectivity index (χ2n) is 7.06. The maximum atomic E-state index is 14.6. The highest BCUT2D eigenvalue weighted by Gasteiger charge is 2.64. The van der Waals surface area contributed by atoms with Gasteiger partial charge in [0.1, 0.15) is 11.9 Å². The average molecular weight is 384 g/mol. The molecule has 0 radical (unpaired) electrons. The predicted molar refractivity (Wildman–Crippen MR) is 100 cm³/mol. The molecule has 2 aromatic carbocycles. The third kappa shape index (κ3) is 3.33. The van der Waals surface area contributed by atoms with Crippen molar-refractivity contribution in [2.24, 2.45) is 16.6 Å². The summed E-state index contributed by atoms with van der Waals surface area (Å²) in [5.41, 5.74) is 5.14. The molecule has 28 heavy (non-hydrogen) atoms. The molecule has 1 fully saturated rings. The van der Waals surface area contributed by atoms with Gasteiger partial charge in [0.05, 0.1) is 0 Å². The number of ether oxygens (including phenoxy) is 1. The van der Waals surface area contributed by atoms with E-state index in [1.807, 2.05) is 30.3 Å². The van der Waals surface area contributed by atoms with Crippen LogP contribution in [0.15, 0.2) is 53.5 Å². The Morgan fingerprint density at radius 2 is 2.00 bits per heavy atom. The highest BCUT2D eigenvalue weighted by molar-refractivity contribution is 5.74. The van der Waals surface area contributed by atoms with Crippen LogP contribution in [0.5, 0.6) is 0 Å². The monoisotopic (exact) mass is 384 g/mol. The summed E-state index contributed by atoms with van der Waals surface area (Å²) >= 11 is 0. The minimum atomic E-state index is -2.88. The third-order valence-electron chi connectivity index (χ3n) is 5.20. The lowest BCUT2D eigenvalue weighted by Crippen LogP contribution is -2.43. The van der Waals surface area contributed by atoms with Crippen LogP contribution in [0.1, 0.15) is 29.5 Å². The van der Waals surface area contributed by atoms with Crippen LogP contribution >= 0.6 is 0 Å². The first-order valence-corrected chi connectivity index (χ1v) is 9.13. The van der Waals surface area contributed by atoms with Gasteiger partial charge in [-0.3, -0.25) is 0 Å². The van der Waals surface area contributed by atoms with Gasteiger partial charge in [0, 0.05) is 23.5 Å². The van der Waals surface area contributed by atoms with E-state index in [1.54, 1.807) is 6.07 Å². The van der Waals surface area contributed by atoms with E-state index in [1.165, 1.54) is 12.1 Å². The van der Waals surface area contributed by atoms with Crippen molar-refractivity contribution in [2.45, 2.75) is 37.3 Å². The van der Waals surface area contributed by atoms with E-state index in [0.29, 0.717) is 19.3 Å². The van der Waals surface area contributed by atoms with Crippen molar-refractivity contribution in [3.63, 3.8) is 0 Å². The Bertz CT molecular complexity index is 965. The van der Waals surface area contributed by atoms with Gasteiger partial charge in [-0.05, 0) is 36.6 Å². The number of alkyl halides is 2. The summed E-state index contributed by atoms with van der Waals surface area (Å²) in [5.74, 6) is 4.84. The summed E-state index contributed by atoms with van der Waals surface area (Å²) in [5, 5.41) is 0. The number of nitrogens with zero attached hydrogens (tertiary/aromatic N) is 1. The molecule has 0 bridgehead atoms. The molecule has 0 amide bonds. The first-order chi connectivity index (χ1) is 13.5. The summed E-state index contributed by atoms with van der Waals surface area (Å²) in [6.45, 7) is 0. The van der Waals surface area contributed by atoms with Crippen LogP contribution in [0.4, 0.5) is 13.2 Å². The second kappa shape index (κ2) is 7.23. The zero-order chi connectivity index (χ0) is 19.7. The number of benzene rings is 2. The lowest BCUT2D eigenvalue weighted by Gasteiger charge is -2.33. The van der Waals surface area contributed by atoms with Crippen molar-refractivity contribution in [3.05, 3.63) is 71.0 Å². The standard InChI is InChI=1S/C22H19F3N2O/c23-18-11-10-15(9-5-4-8-14-6-2-1-3-7-14)12-16(18)22(20(24)25)17-13-19(17)28-21(26)27-22/h1-3,6-7,10-12,17,19-20H,5,9,13H2,(H2,26,27)/t17-,19+,22+/m0/s1. The van der Waals surface area contributed by atoms with E-state index in [0.717, 1.165) is 11.1 Å². The molecule has 2 N–H and O–H groups in total. The molecule has 1 aliphatic carbocycles. The summed E-state index contributed by atoms with van der Waals surface area (Å²) in [6.07, 6.45) is -1.86. The van der Waals surface area contributed by atoms with E-state index < -0.39 is 29.8 Å². The molecule has 0 spiro atoms. The lowest BCUT2D eigenvalue weighted by molar-refractivity contribution is 0.0176. The van der Waals surface area contributed by atoms with Crippen LogP contribution < -0.4 is 5.73 Å². The molecule has 0 saturated heterocycles. The van der Waals surface area contributed by atoms with Crippen LogP contribution in [0, 0.1) is 23.6 Å². The van der Waals surface area contributed by atoms with Crippen molar-refractivity contribution in [2.75, 3.05) is 0 Å². The Kier molecular flexibility index (Phi) is 4.76. The normalized spacial score (nSPS) is 25.2. The van der Waals surface area contributed by atoms with E-state index in [-0.39, 0.29) is 11.6 Å². The molecule has 2 aromatic rings. The summed E-state index contributed by atoms with van der Waals surface area (Å²) < 4.78 is 48.0. The van der Waals surface area contributed by atoms with Gasteiger partial charge in [0.15, 0.2) is 5.54 Å². The largest absolute Gasteiger partial charge is 0.462 e. The van der Waals surface area contributed by atoms with Gasteiger partial charge in [-0.1, -0.05) is 42.2 Å². The van der Waals surface area contributed by atoms with Gasteiger partial charge in [0.25, 0.3) is 12.4 Å². The number of halogens is 3. The second-order valence-corrected chi connectivity index (χ2v) is 7.06. The highest BCUT2D eigenvalue weighted by Crippen LogP contribution is 2.56. The third-order valence-corrected chi connectivity index (χ3v) is 5.20. The summed E-state index contributed by atoms with van der Waals surface area (Å²) in [4.78, 5) is 3.90. The molecule has 4 rings (SSSR count). The van der Waals surface area contributed by atoms with E-state index in [4.69, 9.17) is 10.5 Å². The fourth-order valence-electron chi connectivity index (χ4n) is 3.73. The predicted octanol–water partition coefficient (Wildman–Crippen LogP) is 4.00. The Balaban J connectivity index is 1.59. The molecule has 2 aliphatic rings. The van der Waals surface area contributed by atoms with Gasteiger partial charge in [-0.25, -0.2) is 18.2 Å². The molecule has 3 atom stereocenters. The molecule has 1 saturated carbocycles. The van der Waals surface area contributed by atoms with Gasteiger partial charge < -0.3 is 10.5 Å². The van der Waals surface area contributed by atoms with Crippen molar-refractivity contribution in [1.82, 2.24) is 0 Å². The lowest BCUT2D eigenvalue weighted by atomic mass is 9.83. The van der Waals surface area contributed by atoms with Crippen molar-refractivity contribution >= 4 is 6.02 Å². The summed E-state index contributed by atoms with van der Waals surface area (Å²) in [6, 6.07) is 13.5. The Morgan fingerprint density at radius 3 is 2.75 bits per heavy atom. The molecular weight excluding hydrogens is 365 g/mol. The number of fused-ring (bicyclic) bond motifs is 1. The van der Waals surface area contributed by atoms with Crippen LogP contribution in [-0.4, -0.2) is 18.6 Å². The number of aryl methyl sites for hydroxylation is 1. The maximum Gasteiger partial charge on any atom is 0.283 e. The minimum absolute atomic E-state index is 0.116. The number of aliphatic imine (C=N–C) groups is 1. The van der Waals surface area contributed by atoms with Crippen molar-refractivity contribution in [1.29, 1.82) is 0 Å². The van der Waals surface area contributed by atoms with Crippen LogP contribution in [-0.2, 0) is 16.7 Å². The zero-order valence-corrected chi connectivity index (χ0v) is 15.0. The fourth-order valence-corrected chi connectivity index (χ4v) is 3.73. The zero-order valence-electron chi connectivity index (χ0n) is 15.0. The Morgan fingerprint density at radius 1 is 1.21 bits per heavy atom. The highest BCUT2D eigenvalue weighted by atomic mass is 19.3. The molecule has 1 heterocycles. The first-order valence-electron chi connectivity index (χ1n) is 9.13. The molecule has 3 nitrogen and oxygen atoms in total. The topological polar surface area (TPSA) is 47.6 Å². The van der Waals surface area contributed by atoms with E-state index in [9.17, 15) is 13.2 Å². The van der Waals surface area contributed by atoms with Gasteiger partial charge in [0.2, 0.25) is 0 Å². The molecule has 6 heteroatoms. The number of hydrogen-bond donors (Lipinski definition) is 1. The van der Waals surface area contributed by atoms with Crippen LogP contribution in [0.3, 0.4) is 0 Å². The van der Waals surface area contributed by atoms with E-state index in [2.05, 4.69) is 16.8 Å². The molecule has 0 unspecified atom stereocenters. The quantitative estimate of drug-likeness (QED) is 0.810. The Hall–Kier alpha value is -2.94. The molecule has 0 aromatic heterocycles. The molecule has 1 aliphatic heterocycles. The first kappa shape index (κ1) is 18.4. The molecular formula is C22H19F3N2O. The average Bonchev–Trinajstić information content (AvgIpc) is 3.46. The number of hydrogen-bond acceptors (Lipinski definition) is 3. The number of rotatable bonds is 4. The van der Waals surface area contributed by atoms with Crippen LogP contribution in [0.25, 0.3) is 0 Å². The van der Waals surface area contributed by atoms with E-state index >= 15 is 0 Å². The smallest absolute Gasteiger partial charge is 0.283 e. The van der Waals surface area contributed by atoms with Gasteiger partial charge >= 0.3 is 0 Å². The summed E-state index contributed by atoms with van der Waals surface area (Å²) in [7, 11) is 0. The van der Waals surface area contributed by atoms with Crippen molar-refractivity contribution in [3.8, 4) is 11.8 Å². The maximum absolute atomic E-state index is 14.6. The number of nitrogens with two attached hydrogens (primary N) is 1. The number of amidine groups is 1. The molecule has 144 valence electrons. The SMILES string of the molecule is NC1=N[C@@](c2cc(CCC#Cc3ccccc3)ccc2F)(C(F)F)[C@H]2C[C@H]2O1. The fraction of sp³-hybridized carbons (Fsp3) is 0.318. The van der Waals surface area contributed by atoms with Crippen molar-refractivity contribution < 1.29 is 17.9 Å². The van der Waals surface area contributed by atoms with Gasteiger partial charge in [-0.15, -0.1) is 0 Å². The van der Waals surface area contributed by atoms with Gasteiger partial charge in [-0.2, -0.15) is 0 Å². The minimum Gasteiger partial charge on any atom is -0.462 e.